The number of nitrogens with zero attached hydrogens (tertiary/aromatic N) is 4. The van der Waals surface area contributed by atoms with Crippen LogP contribution in [0.4, 0.5) is 5.95 Å². The molecule has 4 heterocycles. The van der Waals surface area contributed by atoms with Crippen LogP contribution in [0.2, 0.25) is 6.82 Å². The Hall–Kier alpha value is -4.06. The van der Waals surface area contributed by atoms with Gasteiger partial charge in [-0.25, -0.2) is 14.1 Å². The highest BCUT2D eigenvalue weighted by Crippen LogP contribution is 2.37. The molecule has 0 spiro atoms. The van der Waals surface area contributed by atoms with Gasteiger partial charge in [0.05, 0.1) is 30.0 Å². The molecule has 5 nitrogen and oxygen atoms in total. The van der Waals surface area contributed by atoms with Crippen LogP contribution in [-0.2, 0) is 7.05 Å². The topological polar surface area (TPSA) is 38.1 Å². The largest absolute Gasteiger partial charge is 0.439 e. The SMILES string of the molecule is CB1C=c2oc3nc(C)ccc3c2=CN1c1n(-c2c(C(C)C)cc(-c3ccccc3)cc2C(C)C)cc[n+]1C. The van der Waals surface area contributed by atoms with Gasteiger partial charge in [0.1, 0.15) is 17.3 Å². The lowest BCUT2D eigenvalue weighted by Gasteiger charge is -2.24. The van der Waals surface area contributed by atoms with Crippen molar-refractivity contribution in [3.05, 3.63) is 94.4 Å². The number of aryl methyl sites for hydroxylation is 2. The van der Waals surface area contributed by atoms with Crippen molar-refractivity contribution in [1.82, 2.24) is 9.55 Å². The fraction of sp³-hybridized carbons (Fsp3) is 0.273. The minimum atomic E-state index is 0.104. The Bertz CT molecular complexity index is 1790. The van der Waals surface area contributed by atoms with Gasteiger partial charge >= 0.3 is 12.8 Å². The Morgan fingerprint density at radius 1 is 0.923 bits per heavy atom. The maximum atomic E-state index is 6.17. The van der Waals surface area contributed by atoms with E-state index in [-0.39, 0.29) is 6.85 Å². The van der Waals surface area contributed by atoms with Crippen molar-refractivity contribution in [2.45, 2.75) is 53.3 Å². The van der Waals surface area contributed by atoms with Crippen LogP contribution in [0, 0.1) is 6.92 Å². The number of fused-ring (bicyclic) bond motifs is 3. The molecule has 0 unspecified atom stereocenters. The number of hydrogen-bond acceptors (Lipinski definition) is 3. The van der Waals surface area contributed by atoms with E-state index >= 15 is 0 Å². The minimum Gasteiger partial charge on any atom is -0.439 e. The van der Waals surface area contributed by atoms with Crippen LogP contribution in [0.15, 0.2) is 71.4 Å². The van der Waals surface area contributed by atoms with Crippen LogP contribution >= 0.6 is 0 Å². The number of aromatic nitrogens is 3. The average molecular weight is 515 g/mol. The second-order valence-electron chi connectivity index (χ2n) is 11.4. The van der Waals surface area contributed by atoms with Crippen LogP contribution < -0.4 is 20.0 Å². The zero-order valence-electron chi connectivity index (χ0n) is 23.9. The van der Waals surface area contributed by atoms with Crippen molar-refractivity contribution in [1.29, 1.82) is 0 Å². The lowest BCUT2D eigenvalue weighted by atomic mass is 9.62. The van der Waals surface area contributed by atoms with E-state index in [2.05, 4.69) is 140 Å². The van der Waals surface area contributed by atoms with Crippen molar-refractivity contribution in [3.8, 4) is 16.8 Å². The third-order valence-electron chi connectivity index (χ3n) is 7.82. The standard InChI is InChI=1S/C33H36BN4O/c1-21(2)27-17-25(24-11-9-8-10-12-24)18-28(22(3)4)31(27)37-16-15-36(7)33(37)38-20-29-26-14-13-23(5)35-32(26)39-30(29)19-34(38)6/h8-22H,1-7H3/q+1. The summed E-state index contributed by atoms with van der Waals surface area (Å²) >= 11 is 0. The van der Waals surface area contributed by atoms with E-state index in [1.54, 1.807) is 0 Å². The molecule has 0 radical (unpaired) electrons. The Labute approximate surface area is 230 Å². The first-order valence-electron chi connectivity index (χ1n) is 13.9. The summed E-state index contributed by atoms with van der Waals surface area (Å²) in [5.41, 5.74) is 9.04. The number of furan rings is 1. The highest BCUT2D eigenvalue weighted by atomic mass is 16.3. The van der Waals surface area contributed by atoms with Crippen molar-refractivity contribution in [2.75, 3.05) is 4.81 Å². The van der Waals surface area contributed by atoms with Crippen LogP contribution in [0.5, 0.6) is 0 Å². The first kappa shape index (κ1) is 25.2. The van der Waals surface area contributed by atoms with Gasteiger partial charge in [-0.05, 0) is 78.1 Å². The summed E-state index contributed by atoms with van der Waals surface area (Å²) in [5.74, 6) is 4.02. The molecule has 39 heavy (non-hydrogen) atoms. The molecule has 0 aliphatic carbocycles. The molecule has 0 fully saturated rings. The summed E-state index contributed by atoms with van der Waals surface area (Å²) in [5, 5.41) is 2.12. The van der Waals surface area contributed by atoms with Gasteiger partial charge < -0.3 is 4.42 Å². The van der Waals surface area contributed by atoms with Crippen LogP contribution in [-0.4, -0.2) is 16.4 Å². The first-order valence-corrected chi connectivity index (χ1v) is 13.9. The molecule has 0 saturated heterocycles. The quantitative estimate of drug-likeness (QED) is 0.217. The van der Waals surface area contributed by atoms with E-state index in [1.165, 1.54) is 27.9 Å². The van der Waals surface area contributed by atoms with Gasteiger partial charge in [-0.1, -0.05) is 58.0 Å². The van der Waals surface area contributed by atoms with Gasteiger partial charge in [0.2, 0.25) is 5.71 Å². The molecular weight excluding hydrogens is 479 g/mol. The van der Waals surface area contributed by atoms with Gasteiger partial charge in [-0.2, -0.15) is 0 Å². The summed E-state index contributed by atoms with van der Waals surface area (Å²) in [6.45, 7) is 13.5. The lowest BCUT2D eigenvalue weighted by Crippen LogP contribution is -2.47. The molecule has 3 aromatic heterocycles. The van der Waals surface area contributed by atoms with E-state index in [9.17, 15) is 0 Å². The van der Waals surface area contributed by atoms with Gasteiger partial charge in [-0.15, -0.1) is 0 Å². The summed E-state index contributed by atoms with van der Waals surface area (Å²) in [7, 11) is 2.13. The highest BCUT2D eigenvalue weighted by Gasteiger charge is 2.34. The van der Waals surface area contributed by atoms with Crippen LogP contribution in [0.3, 0.4) is 0 Å². The lowest BCUT2D eigenvalue weighted by molar-refractivity contribution is -0.656. The van der Waals surface area contributed by atoms with E-state index in [0.29, 0.717) is 17.5 Å². The second kappa shape index (κ2) is 9.60. The molecule has 1 aliphatic rings. The van der Waals surface area contributed by atoms with Gasteiger partial charge in [-0.3, -0.25) is 4.81 Å². The number of benzene rings is 2. The zero-order valence-corrected chi connectivity index (χ0v) is 23.9. The number of anilines is 1. The molecule has 196 valence electrons. The molecule has 2 aromatic carbocycles. The number of rotatable bonds is 5. The number of imidazole rings is 1. The van der Waals surface area contributed by atoms with E-state index in [1.807, 2.05) is 6.92 Å². The van der Waals surface area contributed by atoms with Gasteiger partial charge in [0.15, 0.2) is 0 Å². The van der Waals surface area contributed by atoms with Crippen LogP contribution in [0.25, 0.3) is 40.1 Å². The Kier molecular flexibility index (Phi) is 6.21. The van der Waals surface area contributed by atoms with Crippen molar-refractivity contribution >= 4 is 36.1 Å². The predicted octanol–water partition coefficient (Wildman–Crippen LogP) is 5.86. The van der Waals surface area contributed by atoms with E-state index < -0.39 is 0 Å². The molecule has 0 atom stereocenters. The predicted molar refractivity (Wildman–Crippen MR) is 162 cm³/mol. The normalized spacial score (nSPS) is 13.3. The van der Waals surface area contributed by atoms with Crippen molar-refractivity contribution < 1.29 is 8.98 Å². The molecule has 0 N–H and O–H groups in total. The molecule has 1 aliphatic heterocycles. The third-order valence-corrected chi connectivity index (χ3v) is 7.82. The first-order chi connectivity index (χ1) is 18.7. The molecule has 6 rings (SSSR count). The zero-order chi connectivity index (χ0) is 27.4. The van der Waals surface area contributed by atoms with E-state index in [0.717, 1.165) is 27.7 Å². The molecule has 0 bridgehead atoms. The summed E-state index contributed by atoms with van der Waals surface area (Å²) in [4.78, 5) is 6.99. The Balaban J connectivity index is 1.59. The Morgan fingerprint density at radius 3 is 2.28 bits per heavy atom. The molecule has 0 saturated carbocycles. The molecule has 6 heteroatoms. The average Bonchev–Trinajstić information content (AvgIpc) is 3.46. The van der Waals surface area contributed by atoms with Crippen molar-refractivity contribution in [3.63, 3.8) is 0 Å². The summed E-state index contributed by atoms with van der Waals surface area (Å²) in [6.07, 6.45) is 6.60. The molecular formula is C33H36BN4O+. The Morgan fingerprint density at radius 2 is 1.62 bits per heavy atom. The minimum absolute atomic E-state index is 0.104. The third kappa shape index (κ3) is 4.28. The molecule has 5 aromatic rings. The maximum Gasteiger partial charge on any atom is 0.369 e. The van der Waals surface area contributed by atoms with Gasteiger partial charge in [0.25, 0.3) is 0 Å². The summed E-state index contributed by atoms with van der Waals surface area (Å²) < 4.78 is 10.8. The van der Waals surface area contributed by atoms with Crippen LogP contribution in [0.1, 0.15) is 56.4 Å². The summed E-state index contributed by atoms with van der Waals surface area (Å²) in [6, 6.07) is 19.7. The maximum absolute atomic E-state index is 6.17. The smallest absolute Gasteiger partial charge is 0.369 e. The fourth-order valence-electron chi connectivity index (χ4n) is 5.75. The fourth-order valence-corrected chi connectivity index (χ4v) is 5.75. The molecule has 0 amide bonds. The monoisotopic (exact) mass is 515 g/mol. The van der Waals surface area contributed by atoms with E-state index in [4.69, 9.17) is 4.42 Å². The number of hydrogen-bond donors (Lipinski definition) is 0. The van der Waals surface area contributed by atoms with Gasteiger partial charge in [0, 0.05) is 5.69 Å². The highest BCUT2D eigenvalue weighted by molar-refractivity contribution is 6.76. The van der Waals surface area contributed by atoms with Crippen molar-refractivity contribution in [2.24, 2.45) is 7.05 Å². The second-order valence-corrected chi connectivity index (χ2v) is 11.4. The number of pyridine rings is 1.